The first kappa shape index (κ1) is 67.4. The molecule has 6 nitrogen and oxygen atoms in total. The van der Waals surface area contributed by atoms with Crippen molar-refractivity contribution >= 4 is 17.9 Å². The van der Waals surface area contributed by atoms with E-state index in [1.807, 2.05) is 0 Å². The van der Waals surface area contributed by atoms with Crippen molar-refractivity contribution in [3.63, 3.8) is 0 Å². The van der Waals surface area contributed by atoms with Crippen molar-refractivity contribution in [2.75, 3.05) is 13.2 Å². The quantitative estimate of drug-likeness (QED) is 0.0343. The molecular formula is C63H122O6. The molecule has 0 amide bonds. The van der Waals surface area contributed by atoms with Crippen LogP contribution >= 0.6 is 0 Å². The van der Waals surface area contributed by atoms with Gasteiger partial charge in [-0.1, -0.05) is 329 Å². The van der Waals surface area contributed by atoms with E-state index >= 15 is 0 Å². The van der Waals surface area contributed by atoms with Gasteiger partial charge in [0.15, 0.2) is 6.10 Å². The van der Waals surface area contributed by atoms with E-state index in [2.05, 4.69) is 20.8 Å². The second kappa shape index (κ2) is 59.0. The Hall–Kier alpha value is -1.59. The molecule has 0 aromatic carbocycles. The van der Waals surface area contributed by atoms with Crippen molar-refractivity contribution < 1.29 is 28.6 Å². The van der Waals surface area contributed by atoms with Crippen LogP contribution in [0.2, 0.25) is 0 Å². The molecule has 0 aromatic rings. The average molecular weight is 976 g/mol. The summed E-state index contributed by atoms with van der Waals surface area (Å²) in [5, 5.41) is 0. The second-order valence-corrected chi connectivity index (χ2v) is 21.7. The van der Waals surface area contributed by atoms with Gasteiger partial charge in [0.25, 0.3) is 0 Å². The van der Waals surface area contributed by atoms with E-state index in [1.165, 1.54) is 270 Å². The van der Waals surface area contributed by atoms with Crippen molar-refractivity contribution in [2.45, 2.75) is 374 Å². The maximum atomic E-state index is 12.9. The number of unbranched alkanes of at least 4 members (excludes halogenated alkanes) is 48. The Balaban J connectivity index is 4.26. The number of ether oxygens (including phenoxy) is 3. The number of rotatable bonds is 59. The Kier molecular flexibility index (Phi) is 57.6. The van der Waals surface area contributed by atoms with E-state index in [4.69, 9.17) is 14.2 Å². The SMILES string of the molecule is CCCCCCCCCCCCCCCCCCCCCCC(=O)OCC(COC(=O)CCCCCCCCCCCCCCCC)OC(=O)CCCCCCCCCCCCCCCCCCC. The predicted octanol–water partition coefficient (Wildman–Crippen LogP) is 21.1. The summed E-state index contributed by atoms with van der Waals surface area (Å²) >= 11 is 0. The Morgan fingerprint density at radius 3 is 0.580 bits per heavy atom. The Morgan fingerprint density at radius 2 is 0.391 bits per heavy atom. The minimum absolute atomic E-state index is 0.0606. The molecule has 0 saturated carbocycles. The lowest BCUT2D eigenvalue weighted by atomic mass is 10.0. The topological polar surface area (TPSA) is 78.9 Å². The molecule has 69 heavy (non-hydrogen) atoms. The van der Waals surface area contributed by atoms with Gasteiger partial charge < -0.3 is 14.2 Å². The third-order valence-corrected chi connectivity index (χ3v) is 14.6. The zero-order valence-electron chi connectivity index (χ0n) is 47.1. The molecule has 0 aliphatic carbocycles. The van der Waals surface area contributed by atoms with Gasteiger partial charge in [0.05, 0.1) is 0 Å². The van der Waals surface area contributed by atoms with Gasteiger partial charge in [-0.3, -0.25) is 14.4 Å². The summed E-state index contributed by atoms with van der Waals surface area (Å²) in [4.78, 5) is 38.3. The van der Waals surface area contributed by atoms with Crippen LogP contribution in [0.25, 0.3) is 0 Å². The summed E-state index contributed by atoms with van der Waals surface area (Å²) < 4.78 is 16.9. The normalized spacial score (nSPS) is 11.9. The zero-order chi connectivity index (χ0) is 50.0. The largest absolute Gasteiger partial charge is 0.462 e. The van der Waals surface area contributed by atoms with Crippen LogP contribution in [0.4, 0.5) is 0 Å². The van der Waals surface area contributed by atoms with Gasteiger partial charge >= 0.3 is 17.9 Å². The van der Waals surface area contributed by atoms with Gasteiger partial charge in [0.1, 0.15) is 13.2 Å². The molecule has 0 spiro atoms. The van der Waals surface area contributed by atoms with Gasteiger partial charge in [-0.05, 0) is 19.3 Å². The molecule has 0 N–H and O–H groups in total. The maximum Gasteiger partial charge on any atom is 0.306 e. The summed E-state index contributed by atoms with van der Waals surface area (Å²) in [5.74, 6) is -0.826. The third kappa shape index (κ3) is 57.2. The van der Waals surface area contributed by atoms with Crippen LogP contribution in [-0.4, -0.2) is 37.2 Å². The lowest BCUT2D eigenvalue weighted by molar-refractivity contribution is -0.167. The summed E-state index contributed by atoms with van der Waals surface area (Å²) in [7, 11) is 0. The molecule has 0 aliphatic rings. The fourth-order valence-electron chi connectivity index (χ4n) is 9.86. The van der Waals surface area contributed by atoms with Crippen LogP contribution in [0, 0.1) is 0 Å². The van der Waals surface area contributed by atoms with Crippen LogP contribution in [-0.2, 0) is 28.6 Å². The first-order valence-corrected chi connectivity index (χ1v) is 31.5. The number of esters is 3. The summed E-state index contributed by atoms with van der Waals surface area (Å²) in [5.41, 5.74) is 0. The molecule has 0 saturated heterocycles. The molecule has 410 valence electrons. The molecule has 0 aromatic heterocycles. The fourth-order valence-corrected chi connectivity index (χ4v) is 9.86. The third-order valence-electron chi connectivity index (χ3n) is 14.6. The van der Waals surface area contributed by atoms with Gasteiger partial charge in [-0.15, -0.1) is 0 Å². The molecular weight excluding hydrogens is 853 g/mol. The first-order valence-electron chi connectivity index (χ1n) is 31.5. The van der Waals surface area contributed by atoms with Crippen molar-refractivity contribution in [2.24, 2.45) is 0 Å². The first-order chi connectivity index (χ1) is 34.0. The molecule has 0 bridgehead atoms. The number of hydrogen-bond donors (Lipinski definition) is 0. The minimum atomic E-state index is -0.762. The molecule has 1 unspecified atom stereocenters. The lowest BCUT2D eigenvalue weighted by Crippen LogP contribution is -2.30. The Morgan fingerprint density at radius 1 is 0.232 bits per heavy atom. The van der Waals surface area contributed by atoms with Gasteiger partial charge in [0, 0.05) is 19.3 Å². The van der Waals surface area contributed by atoms with Gasteiger partial charge in [0.2, 0.25) is 0 Å². The van der Waals surface area contributed by atoms with E-state index in [0.717, 1.165) is 57.8 Å². The highest BCUT2D eigenvalue weighted by atomic mass is 16.6. The Labute approximate surface area is 431 Å². The smallest absolute Gasteiger partial charge is 0.306 e. The van der Waals surface area contributed by atoms with Gasteiger partial charge in [-0.25, -0.2) is 0 Å². The fraction of sp³-hybridized carbons (Fsp3) is 0.952. The number of carbonyl (C=O) groups is 3. The average Bonchev–Trinajstić information content (AvgIpc) is 3.35. The highest BCUT2D eigenvalue weighted by Crippen LogP contribution is 2.18. The molecule has 0 heterocycles. The van der Waals surface area contributed by atoms with E-state index in [-0.39, 0.29) is 31.1 Å². The van der Waals surface area contributed by atoms with Gasteiger partial charge in [-0.2, -0.15) is 0 Å². The van der Waals surface area contributed by atoms with Crippen LogP contribution in [0.1, 0.15) is 367 Å². The second-order valence-electron chi connectivity index (χ2n) is 21.7. The lowest BCUT2D eigenvalue weighted by Gasteiger charge is -2.18. The highest BCUT2D eigenvalue weighted by molar-refractivity contribution is 5.71. The van der Waals surface area contributed by atoms with E-state index in [9.17, 15) is 14.4 Å². The van der Waals surface area contributed by atoms with Crippen LogP contribution in [0.5, 0.6) is 0 Å². The molecule has 0 aliphatic heterocycles. The molecule has 0 fully saturated rings. The Bertz CT molecular complexity index is 1030. The summed E-state index contributed by atoms with van der Waals surface area (Å²) in [6, 6.07) is 0. The highest BCUT2D eigenvalue weighted by Gasteiger charge is 2.19. The van der Waals surface area contributed by atoms with Crippen LogP contribution < -0.4 is 0 Å². The minimum Gasteiger partial charge on any atom is -0.462 e. The zero-order valence-corrected chi connectivity index (χ0v) is 47.1. The molecule has 6 heteroatoms. The van der Waals surface area contributed by atoms with E-state index in [1.54, 1.807) is 0 Å². The van der Waals surface area contributed by atoms with Crippen LogP contribution in [0.15, 0.2) is 0 Å². The summed E-state index contributed by atoms with van der Waals surface area (Å²) in [6.45, 7) is 6.73. The van der Waals surface area contributed by atoms with E-state index < -0.39 is 6.10 Å². The van der Waals surface area contributed by atoms with Crippen molar-refractivity contribution in [1.82, 2.24) is 0 Å². The molecule has 1 atom stereocenters. The monoisotopic (exact) mass is 975 g/mol. The van der Waals surface area contributed by atoms with Crippen molar-refractivity contribution in [1.29, 1.82) is 0 Å². The van der Waals surface area contributed by atoms with Crippen molar-refractivity contribution in [3.05, 3.63) is 0 Å². The predicted molar refractivity (Wildman–Crippen MR) is 298 cm³/mol. The number of hydrogen-bond acceptors (Lipinski definition) is 6. The number of carbonyl (C=O) groups excluding carboxylic acids is 3. The van der Waals surface area contributed by atoms with Crippen molar-refractivity contribution in [3.8, 4) is 0 Å². The summed E-state index contributed by atoms with van der Waals surface area (Å²) in [6.07, 6.45) is 66.7. The molecule has 0 radical (unpaired) electrons. The van der Waals surface area contributed by atoms with Crippen LogP contribution in [0.3, 0.4) is 0 Å². The maximum absolute atomic E-state index is 12.9. The standard InChI is InChI=1S/C63H122O6/c1-4-7-10-13-16-19-22-25-28-30-31-32-34-35-38-41-44-47-50-53-56-62(65)68-59-60(58-67-61(64)55-52-49-46-43-40-37-27-24-21-18-15-12-9-6-3)69-63(66)57-54-51-48-45-42-39-36-33-29-26-23-20-17-14-11-8-5-2/h60H,4-59H2,1-3H3. The molecule has 0 rings (SSSR count). The van der Waals surface area contributed by atoms with E-state index in [0.29, 0.717) is 19.3 Å².